The number of ether oxygens (including phenoxy) is 1. The molecular formula is C20H28F2N4O4S2. The topological polar surface area (TPSA) is 127 Å². The normalized spacial score (nSPS) is 14.0. The highest BCUT2D eigenvalue weighted by Gasteiger charge is 2.24. The molecule has 0 bridgehead atoms. The minimum atomic E-state index is -3.67. The summed E-state index contributed by atoms with van der Waals surface area (Å²) < 4.78 is 46.4. The van der Waals surface area contributed by atoms with Gasteiger partial charge >= 0.3 is 12.6 Å². The lowest BCUT2D eigenvalue weighted by molar-refractivity contribution is -0.0499. The van der Waals surface area contributed by atoms with Crippen molar-refractivity contribution in [3.8, 4) is 5.75 Å². The maximum absolute atomic E-state index is 12.9. The Balaban J connectivity index is 2.47. The first kappa shape index (κ1) is 26.1. The minimum absolute atomic E-state index is 0.0214. The molecule has 0 radical (unpaired) electrons. The molecule has 2 amide bonds. The summed E-state index contributed by atoms with van der Waals surface area (Å²) in [5.74, 6) is -0.328. The van der Waals surface area contributed by atoms with Crippen LogP contribution in [0.15, 0.2) is 27.0 Å². The molecule has 1 heterocycles. The minimum Gasteiger partial charge on any atom is -0.435 e. The molecule has 12 heteroatoms. The van der Waals surface area contributed by atoms with Crippen molar-refractivity contribution in [3.63, 3.8) is 0 Å². The molecule has 1 aromatic carbocycles. The lowest BCUT2D eigenvalue weighted by Crippen LogP contribution is -2.19. The summed E-state index contributed by atoms with van der Waals surface area (Å²) in [5.41, 5.74) is 0.264. The first-order valence-corrected chi connectivity index (χ1v) is 12.2. The summed E-state index contributed by atoms with van der Waals surface area (Å²) in [6.45, 7) is 7.41. The number of nitrogens with one attached hydrogen (secondary N) is 1. The molecule has 0 fully saturated rings. The fraction of sp³-hybridized carbons (Fsp3) is 0.500. The van der Waals surface area contributed by atoms with Crippen molar-refractivity contribution in [1.29, 1.82) is 0 Å². The fourth-order valence-corrected chi connectivity index (χ4v) is 4.93. The number of amides is 2. The van der Waals surface area contributed by atoms with Crippen LogP contribution < -0.4 is 15.2 Å². The van der Waals surface area contributed by atoms with E-state index in [1.165, 1.54) is 32.2 Å². The summed E-state index contributed by atoms with van der Waals surface area (Å²) in [6, 6.07) is 1.88. The largest absolute Gasteiger partial charge is 0.435 e. The van der Waals surface area contributed by atoms with Crippen LogP contribution in [-0.4, -0.2) is 26.9 Å². The van der Waals surface area contributed by atoms with Gasteiger partial charge in [0.1, 0.15) is 5.75 Å². The van der Waals surface area contributed by atoms with Crippen LogP contribution in [0, 0.1) is 0 Å². The molecule has 0 saturated carbocycles. The average Bonchev–Trinajstić information content (AvgIpc) is 3.12. The highest BCUT2D eigenvalue weighted by atomic mass is 32.2. The molecule has 0 spiro atoms. The predicted octanol–water partition coefficient (Wildman–Crippen LogP) is 5.15. The first-order valence-electron chi connectivity index (χ1n) is 9.79. The molecule has 4 N–H and O–H groups in total. The predicted molar refractivity (Wildman–Crippen MR) is 121 cm³/mol. The van der Waals surface area contributed by atoms with Gasteiger partial charge < -0.3 is 15.2 Å². The summed E-state index contributed by atoms with van der Waals surface area (Å²) in [7, 11) is -3.67. The molecule has 8 nitrogen and oxygen atoms in total. The van der Waals surface area contributed by atoms with E-state index in [0.29, 0.717) is 21.7 Å². The monoisotopic (exact) mass is 490 g/mol. The second-order valence-electron chi connectivity index (χ2n) is 8.30. The lowest BCUT2D eigenvalue weighted by atomic mass is 9.92. The zero-order valence-electron chi connectivity index (χ0n) is 18.7. The fourth-order valence-electron chi connectivity index (χ4n) is 2.85. The number of benzene rings is 1. The molecule has 0 aliphatic rings. The van der Waals surface area contributed by atoms with Gasteiger partial charge in [0.2, 0.25) is 4.34 Å². The van der Waals surface area contributed by atoms with E-state index in [-0.39, 0.29) is 21.9 Å². The van der Waals surface area contributed by atoms with Crippen LogP contribution in [0.3, 0.4) is 0 Å². The Morgan fingerprint density at radius 3 is 2.19 bits per heavy atom. The number of carbonyl (C=O) groups is 1. The summed E-state index contributed by atoms with van der Waals surface area (Å²) in [4.78, 5) is 17.0. The van der Waals surface area contributed by atoms with Crippen molar-refractivity contribution in [2.24, 2.45) is 9.50 Å². The lowest BCUT2D eigenvalue weighted by Gasteiger charge is -2.21. The van der Waals surface area contributed by atoms with Gasteiger partial charge in [-0.15, -0.1) is 15.7 Å². The number of alkyl halides is 2. The molecule has 1 aromatic heterocycles. The van der Waals surface area contributed by atoms with Gasteiger partial charge in [0.15, 0.2) is 9.92 Å². The number of nitrogens with zero attached hydrogens (tertiary/aromatic N) is 2. The molecule has 2 rings (SSSR count). The highest BCUT2D eigenvalue weighted by Crippen LogP contribution is 2.37. The number of hydrogen-bond donors (Lipinski definition) is 3. The third-order valence-corrected chi connectivity index (χ3v) is 7.54. The van der Waals surface area contributed by atoms with Gasteiger partial charge in [0.25, 0.3) is 0 Å². The van der Waals surface area contributed by atoms with E-state index >= 15 is 0 Å². The Kier molecular flexibility index (Phi) is 7.97. The Hall–Kier alpha value is -2.15. The SMILES string of the molecule is CC(C)c1cc(OC(F)F)cc(C(C)C)c1NC(=O)N=[S@@](N)(=O)c1ncc(C(C)(C)O)s1. The number of hydrogen-bond acceptors (Lipinski definition) is 6. The summed E-state index contributed by atoms with van der Waals surface area (Å²) >= 11 is 0.896. The van der Waals surface area contributed by atoms with Crippen molar-refractivity contribution >= 4 is 33.0 Å². The van der Waals surface area contributed by atoms with Crippen LogP contribution in [0.1, 0.15) is 69.4 Å². The van der Waals surface area contributed by atoms with Crippen molar-refractivity contribution in [3.05, 3.63) is 34.3 Å². The van der Waals surface area contributed by atoms with E-state index < -0.39 is 28.2 Å². The van der Waals surface area contributed by atoms with Gasteiger partial charge in [0, 0.05) is 11.9 Å². The number of aromatic nitrogens is 1. The van der Waals surface area contributed by atoms with E-state index in [9.17, 15) is 22.9 Å². The number of aliphatic hydroxyl groups is 1. The maximum Gasteiger partial charge on any atom is 0.387 e. The average molecular weight is 491 g/mol. The van der Waals surface area contributed by atoms with Crippen molar-refractivity contribution < 1.29 is 27.6 Å². The van der Waals surface area contributed by atoms with E-state index in [1.54, 1.807) is 0 Å². The van der Waals surface area contributed by atoms with Crippen molar-refractivity contribution in [2.45, 2.75) is 69.9 Å². The number of rotatable bonds is 7. The van der Waals surface area contributed by atoms with Crippen LogP contribution in [0.25, 0.3) is 0 Å². The number of urea groups is 1. The van der Waals surface area contributed by atoms with Gasteiger partial charge in [-0.25, -0.2) is 19.1 Å². The Morgan fingerprint density at radius 1 is 1.25 bits per heavy atom. The van der Waals surface area contributed by atoms with Gasteiger partial charge in [-0.1, -0.05) is 27.7 Å². The van der Waals surface area contributed by atoms with Crippen LogP contribution in [-0.2, 0) is 15.5 Å². The zero-order valence-corrected chi connectivity index (χ0v) is 20.3. The van der Waals surface area contributed by atoms with Gasteiger partial charge in [-0.3, -0.25) is 0 Å². The molecule has 2 aromatic rings. The zero-order chi connectivity index (χ0) is 24.4. The Labute approximate surface area is 190 Å². The molecule has 1 atom stereocenters. The number of thiazole rings is 1. The van der Waals surface area contributed by atoms with E-state index in [4.69, 9.17) is 5.14 Å². The van der Waals surface area contributed by atoms with Gasteiger partial charge in [-0.05, 0) is 48.9 Å². The first-order chi connectivity index (χ1) is 14.6. The Morgan fingerprint density at radius 2 is 1.78 bits per heavy atom. The third kappa shape index (κ3) is 6.44. The number of halogens is 2. The molecule has 178 valence electrons. The Bertz CT molecular complexity index is 1070. The maximum atomic E-state index is 12.9. The van der Waals surface area contributed by atoms with Gasteiger partial charge in [0.05, 0.1) is 10.5 Å². The molecule has 0 aliphatic carbocycles. The standard InChI is InChI=1S/C20H28F2N4O4S2/c1-10(2)13-7-12(30-17(21)22)8-14(11(3)4)16(13)25-18(27)26-32(23,29)19-24-9-15(31-19)20(5,6)28/h7-11,17,28H,1-6H3,(H3,23,25,26,27,29)/t32-/m1/s1. The molecular weight excluding hydrogens is 462 g/mol. The molecule has 0 unspecified atom stereocenters. The van der Waals surface area contributed by atoms with Crippen LogP contribution in [0.4, 0.5) is 19.3 Å². The summed E-state index contributed by atoms with van der Waals surface area (Å²) in [6.07, 6.45) is 1.33. The van der Waals surface area contributed by atoms with Crippen molar-refractivity contribution in [1.82, 2.24) is 4.98 Å². The third-order valence-electron chi connectivity index (χ3n) is 4.43. The van der Waals surface area contributed by atoms with Crippen LogP contribution in [0.5, 0.6) is 5.75 Å². The smallest absolute Gasteiger partial charge is 0.387 e. The number of nitrogens with two attached hydrogens (primary N) is 1. The molecule has 0 aliphatic heterocycles. The van der Waals surface area contributed by atoms with Crippen LogP contribution in [0.2, 0.25) is 0 Å². The molecule has 32 heavy (non-hydrogen) atoms. The second-order valence-corrected chi connectivity index (χ2v) is 11.3. The highest BCUT2D eigenvalue weighted by molar-refractivity contribution is 7.93. The quantitative estimate of drug-likeness (QED) is 0.495. The second kappa shape index (κ2) is 9.77. The van der Waals surface area contributed by atoms with E-state index in [1.807, 2.05) is 27.7 Å². The number of carbonyl (C=O) groups excluding carboxylic acids is 1. The molecule has 0 saturated heterocycles. The van der Waals surface area contributed by atoms with E-state index in [0.717, 1.165) is 11.3 Å². The summed E-state index contributed by atoms with van der Waals surface area (Å²) in [5, 5.41) is 18.4. The van der Waals surface area contributed by atoms with Gasteiger partial charge in [-0.2, -0.15) is 8.78 Å². The number of anilines is 1. The van der Waals surface area contributed by atoms with Crippen LogP contribution >= 0.6 is 11.3 Å². The van der Waals surface area contributed by atoms with Crippen molar-refractivity contribution in [2.75, 3.05) is 5.32 Å². The van der Waals surface area contributed by atoms with E-state index in [2.05, 4.69) is 19.4 Å².